The zero-order chi connectivity index (χ0) is 32.8. The molecule has 2 aromatic carbocycles. The molecular formula is C34H40N2O6S4. The molecule has 0 aromatic heterocycles. The lowest BCUT2D eigenvalue weighted by Gasteiger charge is -2.49. The fraction of sp³-hybridized carbons (Fsp3) is 0.588. The third kappa shape index (κ3) is 3.76. The summed E-state index contributed by atoms with van der Waals surface area (Å²) >= 11 is 0. The van der Waals surface area contributed by atoms with E-state index >= 15 is 0 Å². The van der Waals surface area contributed by atoms with Crippen LogP contribution in [-0.4, -0.2) is 39.9 Å². The molecule has 12 heteroatoms. The number of anilines is 2. The van der Waals surface area contributed by atoms with Crippen LogP contribution in [0.4, 0.5) is 11.4 Å². The number of carbonyl (C=O) groups is 2. The van der Waals surface area contributed by atoms with Gasteiger partial charge in [0.05, 0.1) is 33.7 Å². The monoisotopic (exact) mass is 700 g/mol. The highest BCUT2D eigenvalue weighted by molar-refractivity contribution is 8.76. The van der Waals surface area contributed by atoms with Crippen molar-refractivity contribution in [3.8, 4) is 0 Å². The summed E-state index contributed by atoms with van der Waals surface area (Å²) < 4.78 is 60.0. The number of para-hydroxylation sites is 2. The van der Waals surface area contributed by atoms with Crippen molar-refractivity contribution in [3.05, 3.63) is 48.5 Å². The van der Waals surface area contributed by atoms with E-state index < -0.39 is 30.9 Å². The van der Waals surface area contributed by atoms with Crippen LogP contribution in [0.2, 0.25) is 0 Å². The maximum Gasteiger partial charge on any atom is 0.233 e. The first-order chi connectivity index (χ1) is 21.5. The van der Waals surface area contributed by atoms with Crippen molar-refractivity contribution in [2.24, 2.45) is 44.3 Å². The number of rotatable bonds is 11. The van der Waals surface area contributed by atoms with Gasteiger partial charge in [0.1, 0.15) is 11.6 Å². The van der Waals surface area contributed by atoms with Gasteiger partial charge < -0.3 is 0 Å². The SMILES string of the molecule is CC1(C)C2CC(=O)C3(CS(=O)(=O)Nc4ccccc4SSc4ccccc4NS(=O)(=O)CC45CCC46C(CC5=O)C6(C)C)CCC231. The number of benzene rings is 2. The fourth-order valence-electron chi connectivity index (χ4n) is 11.6. The third-order valence-electron chi connectivity index (χ3n) is 13.9. The van der Waals surface area contributed by atoms with Gasteiger partial charge >= 0.3 is 0 Å². The molecule has 6 aliphatic rings. The zero-order valence-corrected chi connectivity index (χ0v) is 29.8. The van der Waals surface area contributed by atoms with Crippen LogP contribution in [0.25, 0.3) is 0 Å². The largest absolute Gasteiger partial charge is 0.299 e. The van der Waals surface area contributed by atoms with Crippen LogP contribution in [-0.2, 0) is 29.6 Å². The lowest BCUT2D eigenvalue weighted by molar-refractivity contribution is -0.137. The van der Waals surface area contributed by atoms with Crippen molar-refractivity contribution in [1.29, 1.82) is 0 Å². The smallest absolute Gasteiger partial charge is 0.233 e. The van der Waals surface area contributed by atoms with E-state index in [1.807, 2.05) is 24.3 Å². The lowest BCUT2D eigenvalue weighted by Crippen LogP contribution is -2.53. The number of hydrogen-bond acceptors (Lipinski definition) is 8. The Labute approximate surface area is 279 Å². The quantitative estimate of drug-likeness (QED) is 0.246. The molecule has 246 valence electrons. The third-order valence-corrected chi connectivity index (χ3v) is 19.2. The van der Waals surface area contributed by atoms with Crippen LogP contribution in [0, 0.1) is 44.3 Å². The number of carbonyl (C=O) groups excluding carboxylic acids is 2. The Kier molecular flexibility index (Phi) is 6.36. The van der Waals surface area contributed by atoms with Crippen molar-refractivity contribution >= 4 is 64.6 Å². The lowest BCUT2D eigenvalue weighted by atomic mass is 9.55. The van der Waals surface area contributed by atoms with Crippen molar-refractivity contribution in [2.45, 2.75) is 76.0 Å². The normalized spacial score (nSPS) is 37.2. The molecule has 0 radical (unpaired) electrons. The van der Waals surface area contributed by atoms with E-state index in [4.69, 9.17) is 0 Å². The minimum absolute atomic E-state index is 0.00347. The highest BCUT2D eigenvalue weighted by atomic mass is 33.1. The first-order valence-corrected chi connectivity index (χ1v) is 21.5. The van der Waals surface area contributed by atoms with Gasteiger partial charge in [0.2, 0.25) is 20.0 Å². The highest BCUT2D eigenvalue weighted by Crippen LogP contribution is 2.90. The van der Waals surface area contributed by atoms with E-state index in [2.05, 4.69) is 37.1 Å². The Balaban J connectivity index is 0.970. The molecule has 6 atom stereocenters. The summed E-state index contributed by atoms with van der Waals surface area (Å²) in [7, 11) is -5.01. The molecule has 0 heterocycles. The molecule has 2 aromatic rings. The summed E-state index contributed by atoms with van der Waals surface area (Å²) in [5.41, 5.74) is -1.12. The molecule has 2 N–H and O–H groups in total. The average molecular weight is 701 g/mol. The zero-order valence-electron chi connectivity index (χ0n) is 26.5. The molecule has 8 nitrogen and oxygen atoms in total. The number of Topliss-reactive ketones (excluding diaryl/α,β-unsaturated/α-hetero) is 2. The van der Waals surface area contributed by atoms with Gasteiger partial charge in [-0.3, -0.25) is 19.0 Å². The maximum atomic E-state index is 13.6. The van der Waals surface area contributed by atoms with E-state index in [1.165, 1.54) is 21.6 Å². The van der Waals surface area contributed by atoms with Gasteiger partial charge in [-0.2, -0.15) is 0 Å². The second-order valence-electron chi connectivity index (χ2n) is 15.8. The summed E-state index contributed by atoms with van der Waals surface area (Å²) in [6.45, 7) is 8.67. The van der Waals surface area contributed by atoms with Crippen LogP contribution >= 0.6 is 21.6 Å². The van der Waals surface area contributed by atoms with Crippen LogP contribution in [0.3, 0.4) is 0 Å². The molecule has 0 amide bonds. The molecule has 6 saturated carbocycles. The van der Waals surface area contributed by atoms with Crippen molar-refractivity contribution in [1.82, 2.24) is 0 Å². The Bertz CT molecular complexity index is 1800. The molecule has 6 fully saturated rings. The number of nitrogens with one attached hydrogen (secondary N) is 2. The van der Waals surface area contributed by atoms with Gasteiger partial charge in [-0.05, 0) is 83.4 Å². The van der Waals surface area contributed by atoms with Crippen LogP contribution in [0.15, 0.2) is 58.3 Å². The molecular weight excluding hydrogens is 661 g/mol. The van der Waals surface area contributed by atoms with Crippen LogP contribution in [0.5, 0.6) is 0 Å². The minimum atomic E-state index is -3.83. The summed E-state index contributed by atoms with van der Waals surface area (Å²) in [5.74, 6) is 0.348. The average Bonchev–Trinajstić information content (AvgIpc) is 3.62. The second-order valence-corrected chi connectivity index (χ2v) is 21.4. The second kappa shape index (κ2) is 9.36. The van der Waals surface area contributed by atoms with Crippen LogP contribution in [0.1, 0.15) is 66.2 Å². The van der Waals surface area contributed by atoms with Gasteiger partial charge in [-0.25, -0.2) is 16.8 Å². The minimum Gasteiger partial charge on any atom is -0.299 e. The molecule has 2 spiro atoms. The Morgan fingerprint density at radius 3 is 1.35 bits per heavy atom. The van der Waals surface area contributed by atoms with Gasteiger partial charge in [0.15, 0.2) is 0 Å². The Morgan fingerprint density at radius 2 is 1.00 bits per heavy atom. The highest BCUT2D eigenvalue weighted by Gasteiger charge is 2.89. The molecule has 6 unspecified atom stereocenters. The predicted molar refractivity (Wildman–Crippen MR) is 181 cm³/mol. The first kappa shape index (κ1) is 31.3. The molecule has 46 heavy (non-hydrogen) atoms. The van der Waals surface area contributed by atoms with E-state index in [-0.39, 0.29) is 56.6 Å². The summed E-state index contributed by atoms with van der Waals surface area (Å²) in [6, 6.07) is 14.2. The summed E-state index contributed by atoms with van der Waals surface area (Å²) in [4.78, 5) is 27.5. The fourth-order valence-corrected chi connectivity index (χ4v) is 17.6. The van der Waals surface area contributed by atoms with Crippen molar-refractivity contribution in [3.63, 3.8) is 0 Å². The summed E-state index contributed by atoms with van der Waals surface area (Å²) in [5, 5.41) is 0. The van der Waals surface area contributed by atoms with Crippen molar-refractivity contribution in [2.75, 3.05) is 20.9 Å². The molecule has 0 bridgehead atoms. The number of sulfonamides is 2. The standard InChI is InChI=1S/C34H40N2O6S4/c1-29(2)25-17-27(37)31(13-15-33(25,29)31)19-45(39,40)35-21-9-5-7-11-23(21)43-44-24-12-8-6-10-22(24)36-46(41,42)20-32-14-16-34(32)26(18-28(32)38)30(34,3)4/h5-12,25-26,35-36H,13-20H2,1-4H3. The van der Waals surface area contributed by atoms with Crippen LogP contribution < -0.4 is 9.44 Å². The number of ketones is 2. The molecule has 8 rings (SSSR count). The topological polar surface area (TPSA) is 126 Å². The van der Waals surface area contributed by atoms with E-state index in [1.54, 1.807) is 24.3 Å². The van der Waals surface area contributed by atoms with E-state index in [0.29, 0.717) is 46.8 Å². The molecule has 0 saturated heterocycles. The van der Waals surface area contributed by atoms with E-state index in [9.17, 15) is 26.4 Å². The molecule has 6 aliphatic carbocycles. The maximum absolute atomic E-state index is 13.6. The molecule has 0 aliphatic heterocycles. The first-order valence-electron chi connectivity index (χ1n) is 16.1. The predicted octanol–water partition coefficient (Wildman–Crippen LogP) is 6.76. The number of hydrogen-bond donors (Lipinski definition) is 2. The van der Waals surface area contributed by atoms with Crippen molar-refractivity contribution < 1.29 is 26.4 Å². The van der Waals surface area contributed by atoms with E-state index in [0.717, 1.165) is 12.8 Å². The van der Waals surface area contributed by atoms with Gasteiger partial charge in [0, 0.05) is 22.6 Å². The Hall–Kier alpha value is -2.02. The van der Waals surface area contributed by atoms with Gasteiger partial charge in [0.25, 0.3) is 0 Å². The van der Waals surface area contributed by atoms with Gasteiger partial charge in [-0.15, -0.1) is 0 Å². The van der Waals surface area contributed by atoms with Gasteiger partial charge in [-0.1, -0.05) is 73.5 Å². The Morgan fingerprint density at radius 1 is 0.630 bits per heavy atom. The summed E-state index contributed by atoms with van der Waals surface area (Å²) in [6.07, 6.45) is 4.03.